The largest absolute Gasteiger partial charge is 0.443 e. The maximum absolute atomic E-state index is 12.0. The van der Waals surface area contributed by atoms with Crippen molar-refractivity contribution < 1.29 is 19.0 Å². The number of ether oxygens (including phenoxy) is 3. The molecule has 1 aromatic carbocycles. The summed E-state index contributed by atoms with van der Waals surface area (Å²) in [5.41, 5.74) is 0.987. The van der Waals surface area contributed by atoms with Crippen LogP contribution in [0.5, 0.6) is 0 Å². The van der Waals surface area contributed by atoms with Gasteiger partial charge in [-0.3, -0.25) is 0 Å². The molecule has 2 atom stereocenters. The van der Waals surface area contributed by atoms with E-state index in [-0.39, 0.29) is 24.9 Å². The van der Waals surface area contributed by atoms with E-state index in [0.29, 0.717) is 0 Å². The maximum Gasteiger partial charge on any atom is 0.407 e. The zero-order valence-corrected chi connectivity index (χ0v) is 16.5. The molecule has 0 aliphatic heterocycles. The number of methoxy groups -OCH3 is 1. The SMILES string of the molecule is COCO[C@@H](c1ccccc1I)[C@@H](OC(=O)NC(C)C)C(C)C. The van der Waals surface area contributed by atoms with E-state index in [1.807, 2.05) is 52.0 Å². The normalized spacial score (nSPS) is 13.9. The van der Waals surface area contributed by atoms with Crippen molar-refractivity contribution in [1.29, 1.82) is 0 Å². The van der Waals surface area contributed by atoms with Crippen molar-refractivity contribution in [3.05, 3.63) is 33.4 Å². The van der Waals surface area contributed by atoms with Crippen LogP contribution in [0.15, 0.2) is 24.3 Å². The van der Waals surface area contributed by atoms with Gasteiger partial charge in [0.25, 0.3) is 0 Å². The highest BCUT2D eigenvalue weighted by Crippen LogP contribution is 2.31. The van der Waals surface area contributed by atoms with Gasteiger partial charge in [0.15, 0.2) is 0 Å². The third kappa shape index (κ3) is 6.64. The number of hydrogen-bond donors (Lipinski definition) is 1. The summed E-state index contributed by atoms with van der Waals surface area (Å²) in [6, 6.07) is 7.93. The van der Waals surface area contributed by atoms with Crippen molar-refractivity contribution in [2.24, 2.45) is 5.92 Å². The molecule has 1 rings (SSSR count). The van der Waals surface area contributed by atoms with E-state index in [1.165, 1.54) is 0 Å². The van der Waals surface area contributed by atoms with Gasteiger partial charge in [0.05, 0.1) is 0 Å². The number of hydrogen-bond acceptors (Lipinski definition) is 4. The van der Waals surface area contributed by atoms with Crippen molar-refractivity contribution in [2.75, 3.05) is 13.9 Å². The topological polar surface area (TPSA) is 56.8 Å². The molecule has 1 aromatic rings. The van der Waals surface area contributed by atoms with Crippen molar-refractivity contribution >= 4 is 28.7 Å². The van der Waals surface area contributed by atoms with Crippen LogP contribution in [-0.2, 0) is 14.2 Å². The van der Waals surface area contributed by atoms with E-state index in [2.05, 4.69) is 27.9 Å². The summed E-state index contributed by atoms with van der Waals surface area (Å²) in [5.74, 6) is 0.0887. The van der Waals surface area contributed by atoms with E-state index in [0.717, 1.165) is 9.13 Å². The van der Waals surface area contributed by atoms with Gasteiger partial charge < -0.3 is 19.5 Å². The van der Waals surface area contributed by atoms with Crippen molar-refractivity contribution in [3.8, 4) is 0 Å². The lowest BCUT2D eigenvalue weighted by molar-refractivity contribution is -0.126. The van der Waals surface area contributed by atoms with Gasteiger partial charge in [-0.2, -0.15) is 0 Å². The van der Waals surface area contributed by atoms with Crippen LogP contribution in [0.1, 0.15) is 39.4 Å². The molecule has 0 spiro atoms. The second-order valence-electron chi connectivity index (χ2n) is 5.93. The zero-order chi connectivity index (χ0) is 17.4. The van der Waals surface area contributed by atoms with Gasteiger partial charge in [-0.25, -0.2) is 4.79 Å². The molecule has 0 unspecified atom stereocenters. The van der Waals surface area contributed by atoms with Gasteiger partial charge in [-0.05, 0) is 54.0 Å². The molecule has 0 saturated heterocycles. The van der Waals surface area contributed by atoms with Crippen LogP contribution in [0.2, 0.25) is 0 Å². The zero-order valence-electron chi connectivity index (χ0n) is 14.3. The number of alkyl carbamates (subject to hydrolysis) is 1. The van der Waals surface area contributed by atoms with Gasteiger partial charge in [-0.1, -0.05) is 32.0 Å². The average molecular weight is 435 g/mol. The summed E-state index contributed by atoms with van der Waals surface area (Å²) < 4.78 is 17.6. The number of benzene rings is 1. The molecule has 0 bridgehead atoms. The first-order valence-corrected chi connectivity index (χ1v) is 8.76. The molecule has 130 valence electrons. The second kappa shape index (κ2) is 10.1. The molecule has 0 saturated carbocycles. The molecule has 0 fully saturated rings. The summed E-state index contributed by atoms with van der Waals surface area (Å²) in [7, 11) is 1.57. The molecular weight excluding hydrogens is 409 g/mol. The molecule has 6 heteroatoms. The Balaban J connectivity index is 3.04. The maximum atomic E-state index is 12.0. The predicted octanol–water partition coefficient (Wildman–Crippen LogP) is 4.11. The monoisotopic (exact) mass is 435 g/mol. The van der Waals surface area contributed by atoms with Crippen LogP contribution in [0, 0.1) is 9.49 Å². The molecule has 23 heavy (non-hydrogen) atoms. The first kappa shape index (κ1) is 20.2. The van der Waals surface area contributed by atoms with Gasteiger partial charge >= 0.3 is 6.09 Å². The third-order valence-corrected chi connectivity index (χ3v) is 4.16. The highest BCUT2D eigenvalue weighted by atomic mass is 127. The minimum absolute atomic E-state index is 0.0190. The standard InChI is InChI=1S/C17H26INO4/c1-11(2)15(23-17(20)19-12(3)4)16(22-10-21-5)13-8-6-7-9-14(13)18/h6-9,11-12,15-16H,10H2,1-5H3,(H,19,20)/t15-,16-/m0/s1. The van der Waals surface area contributed by atoms with Gasteiger partial charge in [0.1, 0.15) is 19.0 Å². The third-order valence-electron chi connectivity index (χ3n) is 3.18. The Morgan fingerprint density at radius 3 is 2.39 bits per heavy atom. The molecule has 0 aliphatic carbocycles. The minimum Gasteiger partial charge on any atom is -0.443 e. The molecule has 1 N–H and O–H groups in total. The molecule has 0 radical (unpaired) electrons. The summed E-state index contributed by atoms with van der Waals surface area (Å²) in [4.78, 5) is 12.0. The number of nitrogens with one attached hydrogen (secondary N) is 1. The first-order chi connectivity index (χ1) is 10.9. The number of rotatable bonds is 8. The van der Waals surface area contributed by atoms with Crippen molar-refractivity contribution in [1.82, 2.24) is 5.32 Å². The highest BCUT2D eigenvalue weighted by molar-refractivity contribution is 14.1. The average Bonchev–Trinajstić information content (AvgIpc) is 2.46. The van der Waals surface area contributed by atoms with Crippen LogP contribution in [0.3, 0.4) is 0 Å². The Labute approximate surface area is 152 Å². The fourth-order valence-corrected chi connectivity index (χ4v) is 2.84. The second-order valence-corrected chi connectivity index (χ2v) is 7.09. The van der Waals surface area contributed by atoms with E-state index < -0.39 is 12.2 Å². The van der Waals surface area contributed by atoms with Crippen molar-refractivity contribution in [2.45, 2.75) is 45.9 Å². The van der Waals surface area contributed by atoms with E-state index in [1.54, 1.807) is 7.11 Å². The van der Waals surface area contributed by atoms with Crippen molar-refractivity contribution in [3.63, 3.8) is 0 Å². The summed E-state index contributed by atoms with van der Waals surface area (Å²) in [5, 5.41) is 2.76. The molecule has 0 aromatic heterocycles. The minimum atomic E-state index is -0.435. The predicted molar refractivity (Wildman–Crippen MR) is 98.2 cm³/mol. The summed E-state index contributed by atoms with van der Waals surface area (Å²) in [6.07, 6.45) is -1.24. The molecular formula is C17H26INO4. The Bertz CT molecular complexity index is 493. The molecule has 0 aliphatic rings. The quantitative estimate of drug-likeness (QED) is 0.493. The van der Waals surface area contributed by atoms with Crippen LogP contribution in [-0.4, -0.2) is 32.1 Å². The number of carbonyl (C=O) groups excluding carboxylic acids is 1. The Kier molecular flexibility index (Phi) is 8.86. The van der Waals surface area contributed by atoms with Gasteiger partial charge in [0.2, 0.25) is 0 Å². The molecule has 5 nitrogen and oxygen atoms in total. The lowest BCUT2D eigenvalue weighted by Gasteiger charge is -2.31. The lowest BCUT2D eigenvalue weighted by atomic mass is 9.96. The summed E-state index contributed by atoms with van der Waals surface area (Å²) >= 11 is 2.26. The number of carbonyl (C=O) groups is 1. The van der Waals surface area contributed by atoms with Crippen LogP contribution >= 0.6 is 22.6 Å². The summed E-state index contributed by atoms with van der Waals surface area (Å²) in [6.45, 7) is 7.93. The molecule has 0 heterocycles. The van der Waals surface area contributed by atoms with Crippen LogP contribution < -0.4 is 5.32 Å². The first-order valence-electron chi connectivity index (χ1n) is 7.69. The fraction of sp³-hybridized carbons (Fsp3) is 0.588. The van der Waals surface area contributed by atoms with E-state index in [9.17, 15) is 4.79 Å². The lowest BCUT2D eigenvalue weighted by Crippen LogP contribution is -2.39. The number of halogens is 1. The highest BCUT2D eigenvalue weighted by Gasteiger charge is 2.32. The van der Waals surface area contributed by atoms with Crippen LogP contribution in [0.25, 0.3) is 0 Å². The number of amides is 1. The van der Waals surface area contributed by atoms with E-state index >= 15 is 0 Å². The van der Waals surface area contributed by atoms with Crippen LogP contribution in [0.4, 0.5) is 4.79 Å². The Morgan fingerprint density at radius 1 is 1.22 bits per heavy atom. The fourth-order valence-electron chi connectivity index (χ4n) is 2.15. The smallest absolute Gasteiger partial charge is 0.407 e. The van der Waals surface area contributed by atoms with E-state index in [4.69, 9.17) is 14.2 Å². The molecule has 1 amide bonds. The van der Waals surface area contributed by atoms with Gasteiger partial charge in [-0.15, -0.1) is 0 Å². The van der Waals surface area contributed by atoms with Gasteiger partial charge in [0, 0.05) is 16.7 Å². The Hall–Kier alpha value is -0.860. The Morgan fingerprint density at radius 2 is 1.87 bits per heavy atom.